The molecule has 2 heterocycles. The summed E-state index contributed by atoms with van der Waals surface area (Å²) in [6, 6.07) is 10.3. The Labute approximate surface area is 133 Å². The maximum Gasteiger partial charge on any atom is 0.216 e. The van der Waals surface area contributed by atoms with Crippen LogP contribution in [0, 0.1) is 18.6 Å². The molecule has 0 saturated carbocycles. The van der Waals surface area contributed by atoms with Crippen LogP contribution in [0.2, 0.25) is 0 Å². The molecule has 112 valence electrons. The highest BCUT2D eigenvalue weighted by Gasteiger charge is 2.10. The van der Waals surface area contributed by atoms with Gasteiger partial charge in [-0.3, -0.25) is 9.78 Å². The molecule has 6 nitrogen and oxygen atoms in total. The molecule has 0 bridgehead atoms. The highest BCUT2D eigenvalue weighted by Crippen LogP contribution is 2.13. The molecule has 0 aliphatic carbocycles. The van der Waals surface area contributed by atoms with Gasteiger partial charge in [0.15, 0.2) is 0 Å². The number of hydrogen-bond acceptors (Lipinski definition) is 4. The lowest BCUT2D eigenvalue weighted by molar-refractivity contribution is 0.659. The number of aromatic nitrogens is 5. The Hall–Kier alpha value is -2.54. The number of hydrogen-bond donors (Lipinski definition) is 1. The molecule has 1 N–H and O–H groups in total. The van der Waals surface area contributed by atoms with E-state index in [9.17, 15) is 0 Å². The normalized spacial score (nSPS) is 11.4. The molecule has 0 aliphatic rings. The molecule has 1 aromatic carbocycles. The van der Waals surface area contributed by atoms with Gasteiger partial charge in [-0.1, -0.05) is 30.3 Å². The SMILES string of the molecule is Cc1nn(Cc2ccccc2)c(C)c1C=Nn1cn[nH]c1=S. The molecule has 0 atom stereocenters. The van der Waals surface area contributed by atoms with Gasteiger partial charge in [0.2, 0.25) is 4.77 Å². The van der Waals surface area contributed by atoms with E-state index in [1.54, 1.807) is 6.21 Å². The minimum atomic E-state index is 0.461. The third-order valence-corrected chi connectivity index (χ3v) is 3.74. The van der Waals surface area contributed by atoms with E-state index in [4.69, 9.17) is 12.2 Å². The largest absolute Gasteiger partial charge is 0.265 e. The first kappa shape index (κ1) is 14.4. The van der Waals surface area contributed by atoms with Gasteiger partial charge in [-0.2, -0.15) is 20.0 Å². The molecule has 3 rings (SSSR count). The molecule has 7 heteroatoms. The van der Waals surface area contributed by atoms with Crippen LogP contribution in [-0.4, -0.2) is 30.9 Å². The number of aromatic amines is 1. The van der Waals surface area contributed by atoms with E-state index >= 15 is 0 Å². The molecule has 0 saturated heterocycles. The van der Waals surface area contributed by atoms with Crippen LogP contribution in [-0.2, 0) is 6.54 Å². The lowest BCUT2D eigenvalue weighted by atomic mass is 10.2. The molecule has 0 fully saturated rings. The molecular formula is C15H16N6S. The molecule has 0 amide bonds. The highest BCUT2D eigenvalue weighted by molar-refractivity contribution is 7.71. The summed E-state index contributed by atoms with van der Waals surface area (Å²) < 4.78 is 3.96. The summed E-state index contributed by atoms with van der Waals surface area (Å²) in [4.78, 5) is 0. The smallest absolute Gasteiger partial charge is 0.216 e. The zero-order valence-corrected chi connectivity index (χ0v) is 13.2. The minimum absolute atomic E-state index is 0.461. The zero-order chi connectivity index (χ0) is 15.5. The quantitative estimate of drug-likeness (QED) is 0.595. The van der Waals surface area contributed by atoms with Crippen molar-refractivity contribution < 1.29 is 0 Å². The fraction of sp³-hybridized carbons (Fsp3) is 0.200. The Bertz CT molecular complexity index is 856. The van der Waals surface area contributed by atoms with E-state index in [1.807, 2.05) is 36.7 Å². The Kier molecular flexibility index (Phi) is 3.97. The van der Waals surface area contributed by atoms with Crippen molar-refractivity contribution in [2.75, 3.05) is 0 Å². The van der Waals surface area contributed by atoms with Crippen molar-refractivity contribution in [1.82, 2.24) is 24.7 Å². The van der Waals surface area contributed by atoms with Crippen LogP contribution in [0.25, 0.3) is 0 Å². The van der Waals surface area contributed by atoms with Crippen LogP contribution >= 0.6 is 12.2 Å². The van der Waals surface area contributed by atoms with Crippen molar-refractivity contribution in [3.8, 4) is 0 Å². The van der Waals surface area contributed by atoms with Gasteiger partial charge < -0.3 is 0 Å². The predicted octanol–water partition coefficient (Wildman–Crippen LogP) is 2.68. The first-order valence-corrected chi connectivity index (χ1v) is 7.30. The van der Waals surface area contributed by atoms with Crippen LogP contribution in [0.4, 0.5) is 0 Å². The summed E-state index contributed by atoms with van der Waals surface area (Å²) in [6.07, 6.45) is 3.31. The Morgan fingerprint density at radius 2 is 2.05 bits per heavy atom. The van der Waals surface area contributed by atoms with E-state index in [1.165, 1.54) is 16.6 Å². The second-order valence-corrected chi connectivity index (χ2v) is 5.37. The van der Waals surface area contributed by atoms with Crippen LogP contribution in [0.5, 0.6) is 0 Å². The van der Waals surface area contributed by atoms with Crippen LogP contribution < -0.4 is 0 Å². The third kappa shape index (κ3) is 2.89. The molecule has 3 aromatic rings. The van der Waals surface area contributed by atoms with Gasteiger partial charge in [-0.05, 0) is 31.6 Å². The van der Waals surface area contributed by atoms with Gasteiger partial charge in [-0.15, -0.1) is 0 Å². The fourth-order valence-corrected chi connectivity index (χ4v) is 2.40. The molecule has 22 heavy (non-hydrogen) atoms. The van der Waals surface area contributed by atoms with Crippen molar-refractivity contribution in [3.05, 3.63) is 63.9 Å². The lowest BCUT2D eigenvalue weighted by Gasteiger charge is -2.04. The highest BCUT2D eigenvalue weighted by atomic mass is 32.1. The van der Waals surface area contributed by atoms with Gasteiger partial charge in [0, 0.05) is 11.3 Å². The van der Waals surface area contributed by atoms with E-state index in [0.29, 0.717) is 4.77 Å². The minimum Gasteiger partial charge on any atom is -0.265 e. The Morgan fingerprint density at radius 3 is 2.73 bits per heavy atom. The Balaban J connectivity index is 1.89. The number of H-pyrrole nitrogens is 1. The van der Waals surface area contributed by atoms with E-state index in [-0.39, 0.29) is 0 Å². The number of nitrogens with zero attached hydrogens (tertiary/aromatic N) is 5. The van der Waals surface area contributed by atoms with Crippen molar-refractivity contribution in [2.24, 2.45) is 5.10 Å². The second kappa shape index (κ2) is 6.07. The number of nitrogens with one attached hydrogen (secondary N) is 1. The predicted molar refractivity (Wildman–Crippen MR) is 87.6 cm³/mol. The van der Waals surface area contributed by atoms with E-state index < -0.39 is 0 Å². The van der Waals surface area contributed by atoms with Crippen molar-refractivity contribution in [1.29, 1.82) is 0 Å². The second-order valence-electron chi connectivity index (χ2n) is 4.98. The summed E-state index contributed by atoms with van der Waals surface area (Å²) in [6.45, 7) is 4.76. The van der Waals surface area contributed by atoms with Crippen LogP contribution in [0.15, 0.2) is 41.8 Å². The van der Waals surface area contributed by atoms with Crippen molar-refractivity contribution >= 4 is 18.4 Å². The number of rotatable bonds is 4. The van der Waals surface area contributed by atoms with Crippen LogP contribution in [0.1, 0.15) is 22.5 Å². The summed E-state index contributed by atoms with van der Waals surface area (Å²) >= 11 is 5.07. The summed E-state index contributed by atoms with van der Waals surface area (Å²) in [5, 5.41) is 15.4. The standard InChI is InChI=1S/C15H16N6S/c1-11-14(8-17-21-10-16-18-15(21)22)12(2)20(19-11)9-13-6-4-3-5-7-13/h3-8,10H,9H2,1-2H3,(H,18,22). The first-order valence-electron chi connectivity index (χ1n) is 6.89. The molecule has 0 radical (unpaired) electrons. The molecular weight excluding hydrogens is 296 g/mol. The Morgan fingerprint density at radius 1 is 1.27 bits per heavy atom. The number of benzene rings is 1. The molecule has 0 aliphatic heterocycles. The van der Waals surface area contributed by atoms with Gasteiger partial charge in [0.1, 0.15) is 6.33 Å². The molecule has 2 aromatic heterocycles. The summed E-state index contributed by atoms with van der Waals surface area (Å²) in [5.74, 6) is 0. The average Bonchev–Trinajstić information content (AvgIpc) is 3.03. The summed E-state index contributed by atoms with van der Waals surface area (Å²) in [5.41, 5.74) is 4.22. The number of aryl methyl sites for hydroxylation is 1. The summed E-state index contributed by atoms with van der Waals surface area (Å²) in [7, 11) is 0. The van der Waals surface area contributed by atoms with E-state index in [0.717, 1.165) is 23.5 Å². The topological polar surface area (TPSA) is 63.8 Å². The molecule has 0 unspecified atom stereocenters. The fourth-order valence-electron chi connectivity index (χ4n) is 2.25. The van der Waals surface area contributed by atoms with Crippen molar-refractivity contribution in [2.45, 2.75) is 20.4 Å². The molecule has 0 spiro atoms. The first-order chi connectivity index (χ1) is 10.6. The lowest BCUT2D eigenvalue weighted by Crippen LogP contribution is -2.04. The van der Waals surface area contributed by atoms with Gasteiger partial charge >= 0.3 is 0 Å². The third-order valence-electron chi connectivity index (χ3n) is 3.46. The maximum atomic E-state index is 5.07. The van der Waals surface area contributed by atoms with Gasteiger partial charge in [-0.25, -0.2) is 0 Å². The maximum absolute atomic E-state index is 5.07. The van der Waals surface area contributed by atoms with Crippen molar-refractivity contribution in [3.63, 3.8) is 0 Å². The van der Waals surface area contributed by atoms with Gasteiger partial charge in [0.25, 0.3) is 0 Å². The monoisotopic (exact) mass is 312 g/mol. The van der Waals surface area contributed by atoms with Gasteiger partial charge in [0.05, 0.1) is 18.5 Å². The average molecular weight is 312 g/mol. The zero-order valence-electron chi connectivity index (χ0n) is 12.4. The van der Waals surface area contributed by atoms with E-state index in [2.05, 4.69) is 32.5 Å². The van der Waals surface area contributed by atoms with Crippen LogP contribution in [0.3, 0.4) is 0 Å².